The van der Waals surface area contributed by atoms with Crippen molar-refractivity contribution < 1.29 is 9.13 Å². The fourth-order valence-corrected chi connectivity index (χ4v) is 1.71. The van der Waals surface area contributed by atoms with E-state index in [0.29, 0.717) is 16.9 Å². The zero-order chi connectivity index (χ0) is 14.1. The molecule has 0 spiro atoms. The number of nitrogens with zero attached hydrogens (tertiary/aromatic N) is 2. The monoisotopic (exact) mass is 272 g/mol. The molecule has 3 aromatic rings. The molecule has 0 fully saturated rings. The van der Waals surface area contributed by atoms with Crippen molar-refractivity contribution >= 4 is 16.9 Å². The van der Waals surface area contributed by atoms with Gasteiger partial charge in [-0.15, -0.1) is 0 Å². The SMILES string of the molecule is Nc1ccc(Oc2ccnc3ncc(=O)[nH]c23)cc1F. The first-order valence-corrected chi connectivity index (χ1v) is 5.70. The van der Waals surface area contributed by atoms with Crippen molar-refractivity contribution in [1.82, 2.24) is 15.0 Å². The van der Waals surface area contributed by atoms with Gasteiger partial charge in [0.2, 0.25) is 0 Å². The largest absolute Gasteiger partial charge is 0.455 e. The van der Waals surface area contributed by atoms with Crippen molar-refractivity contribution in [3.8, 4) is 11.5 Å². The number of aromatic amines is 1. The van der Waals surface area contributed by atoms with Gasteiger partial charge in [-0.1, -0.05) is 0 Å². The summed E-state index contributed by atoms with van der Waals surface area (Å²) in [6, 6.07) is 5.64. The van der Waals surface area contributed by atoms with Crippen molar-refractivity contribution in [1.29, 1.82) is 0 Å². The molecular weight excluding hydrogens is 263 g/mol. The summed E-state index contributed by atoms with van der Waals surface area (Å²) in [5, 5.41) is 0. The van der Waals surface area contributed by atoms with Gasteiger partial charge >= 0.3 is 0 Å². The normalized spacial score (nSPS) is 10.7. The van der Waals surface area contributed by atoms with E-state index in [1.54, 1.807) is 6.07 Å². The smallest absolute Gasteiger partial charge is 0.267 e. The number of fused-ring (bicyclic) bond motifs is 1. The lowest BCUT2D eigenvalue weighted by molar-refractivity contribution is 0.481. The predicted octanol–water partition coefficient (Wildman–Crippen LogP) is 1.83. The van der Waals surface area contributed by atoms with Crippen LogP contribution in [0.25, 0.3) is 11.2 Å². The van der Waals surface area contributed by atoms with Gasteiger partial charge in [0.1, 0.15) is 17.1 Å². The van der Waals surface area contributed by atoms with Crippen LogP contribution in [-0.2, 0) is 0 Å². The minimum absolute atomic E-state index is 0.0343. The molecule has 0 atom stereocenters. The van der Waals surface area contributed by atoms with Gasteiger partial charge in [0.15, 0.2) is 11.4 Å². The second kappa shape index (κ2) is 4.61. The highest BCUT2D eigenvalue weighted by Gasteiger charge is 2.08. The first kappa shape index (κ1) is 12.1. The van der Waals surface area contributed by atoms with Crippen molar-refractivity contribution in [2.45, 2.75) is 0 Å². The first-order valence-electron chi connectivity index (χ1n) is 5.70. The van der Waals surface area contributed by atoms with Gasteiger partial charge in [0.05, 0.1) is 11.9 Å². The Morgan fingerprint density at radius 2 is 2.10 bits per heavy atom. The van der Waals surface area contributed by atoms with Crippen molar-refractivity contribution in [3.63, 3.8) is 0 Å². The number of nitrogens with one attached hydrogen (secondary N) is 1. The molecule has 0 saturated heterocycles. The van der Waals surface area contributed by atoms with Crippen LogP contribution in [-0.4, -0.2) is 15.0 Å². The van der Waals surface area contributed by atoms with E-state index in [1.165, 1.54) is 18.3 Å². The maximum atomic E-state index is 13.4. The number of nitrogen functional groups attached to an aromatic ring is 1. The molecule has 100 valence electrons. The number of pyridine rings is 1. The van der Waals surface area contributed by atoms with Gasteiger partial charge in [-0.2, -0.15) is 0 Å². The average molecular weight is 272 g/mol. The Bertz CT molecular complexity index is 847. The quantitative estimate of drug-likeness (QED) is 0.694. The van der Waals surface area contributed by atoms with Crippen LogP contribution in [0.4, 0.5) is 10.1 Å². The molecule has 3 N–H and O–H groups in total. The molecule has 0 bridgehead atoms. The highest BCUT2D eigenvalue weighted by atomic mass is 19.1. The summed E-state index contributed by atoms with van der Waals surface area (Å²) in [5.41, 5.74) is 5.73. The fourth-order valence-electron chi connectivity index (χ4n) is 1.71. The number of hydrogen-bond donors (Lipinski definition) is 2. The number of anilines is 1. The number of benzene rings is 1. The molecule has 0 radical (unpaired) electrons. The topological polar surface area (TPSA) is 93.9 Å². The first-order chi connectivity index (χ1) is 9.63. The molecule has 0 aliphatic rings. The third-order valence-electron chi connectivity index (χ3n) is 2.64. The predicted molar refractivity (Wildman–Crippen MR) is 71.0 cm³/mol. The molecule has 0 saturated carbocycles. The number of ether oxygens (including phenoxy) is 1. The van der Waals surface area contributed by atoms with E-state index in [4.69, 9.17) is 10.5 Å². The molecule has 7 heteroatoms. The summed E-state index contributed by atoms with van der Waals surface area (Å²) in [4.78, 5) is 21.8. The minimum Gasteiger partial charge on any atom is -0.455 e. The van der Waals surface area contributed by atoms with Gasteiger partial charge in [-0.05, 0) is 12.1 Å². The van der Waals surface area contributed by atoms with Gasteiger partial charge in [0.25, 0.3) is 5.56 Å². The van der Waals surface area contributed by atoms with Crippen LogP contribution in [0.5, 0.6) is 11.5 Å². The maximum absolute atomic E-state index is 13.4. The number of rotatable bonds is 2. The summed E-state index contributed by atoms with van der Waals surface area (Å²) >= 11 is 0. The third-order valence-corrected chi connectivity index (χ3v) is 2.64. The molecule has 2 aromatic heterocycles. The van der Waals surface area contributed by atoms with Crippen molar-refractivity contribution in [2.75, 3.05) is 5.73 Å². The van der Waals surface area contributed by atoms with Crippen LogP contribution >= 0.6 is 0 Å². The number of aromatic nitrogens is 3. The standard InChI is InChI=1S/C13H9FN4O2/c14-8-5-7(1-2-9(8)15)20-10-3-4-16-13-12(10)18-11(19)6-17-13/h1-6H,15H2,(H,18,19). The minimum atomic E-state index is -0.576. The average Bonchev–Trinajstić information content (AvgIpc) is 2.44. The summed E-state index contributed by atoms with van der Waals surface area (Å²) < 4.78 is 18.9. The number of hydrogen-bond acceptors (Lipinski definition) is 5. The van der Waals surface area contributed by atoms with Crippen LogP contribution in [0.1, 0.15) is 0 Å². The van der Waals surface area contributed by atoms with Crippen LogP contribution in [0, 0.1) is 5.82 Å². The molecule has 0 amide bonds. The van der Waals surface area contributed by atoms with Crippen LogP contribution < -0.4 is 16.0 Å². The molecule has 1 aromatic carbocycles. The van der Waals surface area contributed by atoms with Crippen molar-refractivity contribution in [3.05, 3.63) is 52.8 Å². The van der Waals surface area contributed by atoms with Crippen molar-refractivity contribution in [2.24, 2.45) is 0 Å². The van der Waals surface area contributed by atoms with Gasteiger partial charge < -0.3 is 15.5 Å². The molecule has 6 nitrogen and oxygen atoms in total. The van der Waals surface area contributed by atoms with Crippen LogP contribution in [0.15, 0.2) is 41.5 Å². The lowest BCUT2D eigenvalue weighted by Crippen LogP contribution is -2.06. The van der Waals surface area contributed by atoms with E-state index in [1.807, 2.05) is 0 Å². The van der Waals surface area contributed by atoms with E-state index < -0.39 is 5.82 Å². The van der Waals surface area contributed by atoms with Crippen LogP contribution in [0.2, 0.25) is 0 Å². The Morgan fingerprint density at radius 1 is 1.25 bits per heavy atom. The zero-order valence-electron chi connectivity index (χ0n) is 10.1. The number of halogens is 1. The molecule has 3 rings (SSSR count). The molecule has 20 heavy (non-hydrogen) atoms. The van der Waals surface area contributed by atoms with Gasteiger partial charge in [0, 0.05) is 18.3 Å². The lowest BCUT2D eigenvalue weighted by atomic mass is 10.3. The third kappa shape index (κ3) is 2.16. The summed E-state index contributed by atoms with van der Waals surface area (Å²) in [5.74, 6) is 0.00533. The zero-order valence-corrected chi connectivity index (χ0v) is 10.1. The molecule has 2 heterocycles. The Hall–Kier alpha value is -2.96. The van der Waals surface area contributed by atoms with Crippen LogP contribution in [0.3, 0.4) is 0 Å². The second-order valence-electron chi connectivity index (χ2n) is 4.04. The molecule has 0 unspecified atom stereocenters. The van der Waals surface area contributed by atoms with E-state index in [2.05, 4.69) is 15.0 Å². The highest BCUT2D eigenvalue weighted by molar-refractivity contribution is 5.76. The Morgan fingerprint density at radius 3 is 2.90 bits per heavy atom. The highest BCUT2D eigenvalue weighted by Crippen LogP contribution is 2.27. The summed E-state index contributed by atoms with van der Waals surface area (Å²) in [7, 11) is 0. The van der Waals surface area contributed by atoms with E-state index in [-0.39, 0.29) is 17.0 Å². The van der Waals surface area contributed by atoms with E-state index in [9.17, 15) is 9.18 Å². The number of H-pyrrole nitrogens is 1. The number of nitrogens with two attached hydrogens (primary N) is 1. The summed E-state index contributed by atoms with van der Waals surface area (Å²) in [6.07, 6.45) is 2.61. The fraction of sp³-hybridized carbons (Fsp3) is 0. The second-order valence-corrected chi connectivity index (χ2v) is 4.04. The molecule has 0 aliphatic heterocycles. The molecular formula is C13H9FN4O2. The van der Waals surface area contributed by atoms with Gasteiger partial charge in [-0.3, -0.25) is 4.79 Å². The Kier molecular flexibility index (Phi) is 2.79. The lowest BCUT2D eigenvalue weighted by Gasteiger charge is -2.08. The summed E-state index contributed by atoms with van der Waals surface area (Å²) in [6.45, 7) is 0. The molecule has 0 aliphatic carbocycles. The van der Waals surface area contributed by atoms with E-state index >= 15 is 0 Å². The Balaban J connectivity index is 2.08. The van der Waals surface area contributed by atoms with E-state index in [0.717, 1.165) is 12.3 Å². The Labute approximate surface area is 112 Å². The maximum Gasteiger partial charge on any atom is 0.267 e. The van der Waals surface area contributed by atoms with Gasteiger partial charge in [-0.25, -0.2) is 14.4 Å².